The van der Waals surface area contributed by atoms with Crippen molar-refractivity contribution in [2.75, 3.05) is 19.1 Å². The molecule has 0 fully saturated rings. The van der Waals surface area contributed by atoms with Crippen LogP contribution < -0.4 is 14.9 Å². The van der Waals surface area contributed by atoms with E-state index in [4.69, 9.17) is 9.47 Å². The summed E-state index contributed by atoms with van der Waals surface area (Å²) >= 11 is 0. The maximum absolute atomic E-state index is 5.68. The van der Waals surface area contributed by atoms with Crippen LogP contribution in [0.4, 0.5) is 5.69 Å². The fraction of sp³-hybridized carbons (Fsp3) is 0.278. The van der Waals surface area contributed by atoms with Crippen LogP contribution in [0, 0.1) is 0 Å². The smallest absolute Gasteiger partial charge is 0.119 e. The topological polar surface area (TPSA) is 42.8 Å². The lowest BCUT2D eigenvalue weighted by molar-refractivity contribution is 0.309. The van der Waals surface area contributed by atoms with Gasteiger partial charge in [-0.1, -0.05) is 25.5 Å². The van der Waals surface area contributed by atoms with E-state index in [1.165, 1.54) is 0 Å². The van der Waals surface area contributed by atoms with E-state index in [9.17, 15) is 0 Å². The van der Waals surface area contributed by atoms with E-state index in [0.717, 1.165) is 42.2 Å². The molecule has 4 nitrogen and oxygen atoms in total. The van der Waals surface area contributed by atoms with Crippen LogP contribution in [-0.4, -0.2) is 19.9 Å². The number of hydrogen-bond acceptors (Lipinski definition) is 4. The highest BCUT2D eigenvalue weighted by atomic mass is 16.5. The zero-order valence-electron chi connectivity index (χ0n) is 13.1. The standard InChI is InChI=1S/C18H22N2O2/c1-3-4-12-22-18-7-5-6-15(13-18)14-19-20-16-8-10-17(21-2)11-9-16/h5-11,13-14,20H,3-4,12H2,1-2H3/b19-14+. The monoisotopic (exact) mass is 298 g/mol. The van der Waals surface area contributed by atoms with Gasteiger partial charge in [0.1, 0.15) is 11.5 Å². The van der Waals surface area contributed by atoms with Gasteiger partial charge in [0.2, 0.25) is 0 Å². The molecule has 116 valence electrons. The number of nitrogens with zero attached hydrogens (tertiary/aromatic N) is 1. The molecule has 4 heteroatoms. The third-order valence-corrected chi connectivity index (χ3v) is 3.12. The van der Waals surface area contributed by atoms with Crippen molar-refractivity contribution in [3.8, 4) is 11.5 Å². The summed E-state index contributed by atoms with van der Waals surface area (Å²) in [6.07, 6.45) is 3.97. The molecule has 0 aliphatic carbocycles. The van der Waals surface area contributed by atoms with Crippen molar-refractivity contribution in [2.45, 2.75) is 19.8 Å². The molecule has 2 aromatic carbocycles. The van der Waals surface area contributed by atoms with Crippen LogP contribution in [0.15, 0.2) is 53.6 Å². The van der Waals surface area contributed by atoms with Crippen LogP contribution in [0.1, 0.15) is 25.3 Å². The van der Waals surface area contributed by atoms with Gasteiger partial charge in [0.05, 0.1) is 25.6 Å². The predicted molar refractivity (Wildman–Crippen MR) is 91.1 cm³/mol. The lowest BCUT2D eigenvalue weighted by atomic mass is 10.2. The van der Waals surface area contributed by atoms with Crippen molar-refractivity contribution in [3.63, 3.8) is 0 Å². The van der Waals surface area contributed by atoms with Crippen LogP contribution in [0.2, 0.25) is 0 Å². The predicted octanol–water partition coefficient (Wildman–Crippen LogP) is 4.32. The summed E-state index contributed by atoms with van der Waals surface area (Å²) in [6, 6.07) is 15.5. The second-order valence-corrected chi connectivity index (χ2v) is 4.87. The van der Waals surface area contributed by atoms with Gasteiger partial charge in [-0.3, -0.25) is 5.43 Å². The van der Waals surface area contributed by atoms with Gasteiger partial charge in [0, 0.05) is 0 Å². The highest BCUT2D eigenvalue weighted by Crippen LogP contribution is 2.15. The number of unbranched alkanes of at least 4 members (excludes halogenated alkanes) is 1. The zero-order chi connectivity index (χ0) is 15.6. The molecule has 2 aromatic rings. The number of rotatable bonds is 8. The Morgan fingerprint density at radius 1 is 1.09 bits per heavy atom. The molecule has 0 radical (unpaired) electrons. The van der Waals surface area contributed by atoms with Crippen molar-refractivity contribution in [1.82, 2.24) is 0 Å². The number of hydrogen-bond donors (Lipinski definition) is 1. The van der Waals surface area contributed by atoms with E-state index in [2.05, 4.69) is 17.5 Å². The summed E-state index contributed by atoms with van der Waals surface area (Å²) < 4.78 is 10.8. The second-order valence-electron chi connectivity index (χ2n) is 4.87. The van der Waals surface area contributed by atoms with Gasteiger partial charge in [-0.15, -0.1) is 0 Å². The number of ether oxygens (including phenoxy) is 2. The normalized spacial score (nSPS) is 10.6. The summed E-state index contributed by atoms with van der Waals surface area (Å²) in [5.41, 5.74) is 4.89. The molecule has 22 heavy (non-hydrogen) atoms. The molecule has 0 saturated heterocycles. The van der Waals surface area contributed by atoms with E-state index >= 15 is 0 Å². The Labute approximate surface area is 131 Å². The molecular formula is C18H22N2O2. The average Bonchev–Trinajstić information content (AvgIpc) is 2.56. The maximum Gasteiger partial charge on any atom is 0.119 e. The first-order chi connectivity index (χ1) is 10.8. The summed E-state index contributed by atoms with van der Waals surface area (Å²) in [4.78, 5) is 0. The van der Waals surface area contributed by atoms with E-state index < -0.39 is 0 Å². The number of nitrogens with one attached hydrogen (secondary N) is 1. The minimum absolute atomic E-state index is 0.751. The minimum atomic E-state index is 0.751. The molecule has 0 saturated carbocycles. The maximum atomic E-state index is 5.68. The largest absolute Gasteiger partial charge is 0.497 e. The molecule has 2 rings (SSSR count). The number of benzene rings is 2. The first kappa shape index (κ1) is 15.9. The highest BCUT2D eigenvalue weighted by molar-refractivity contribution is 5.80. The molecule has 0 atom stereocenters. The summed E-state index contributed by atoms with van der Waals surface area (Å²) in [7, 11) is 1.65. The van der Waals surface area contributed by atoms with E-state index in [1.54, 1.807) is 13.3 Å². The molecule has 0 heterocycles. The van der Waals surface area contributed by atoms with Crippen LogP contribution in [0.5, 0.6) is 11.5 Å². The van der Waals surface area contributed by atoms with Crippen LogP contribution in [0.25, 0.3) is 0 Å². The molecule has 0 spiro atoms. The molecule has 0 unspecified atom stereocenters. The van der Waals surface area contributed by atoms with Crippen molar-refractivity contribution >= 4 is 11.9 Å². The van der Waals surface area contributed by atoms with Crippen LogP contribution >= 0.6 is 0 Å². The second kappa shape index (κ2) is 8.72. The molecule has 0 aliphatic rings. The fourth-order valence-electron chi connectivity index (χ4n) is 1.87. The number of hydrazone groups is 1. The van der Waals surface area contributed by atoms with Crippen molar-refractivity contribution < 1.29 is 9.47 Å². The van der Waals surface area contributed by atoms with E-state index in [-0.39, 0.29) is 0 Å². The zero-order valence-corrected chi connectivity index (χ0v) is 13.1. The summed E-state index contributed by atoms with van der Waals surface area (Å²) in [5.74, 6) is 1.70. The first-order valence-corrected chi connectivity index (χ1v) is 7.48. The fourth-order valence-corrected chi connectivity index (χ4v) is 1.87. The Balaban J connectivity index is 1.90. The molecule has 0 aliphatic heterocycles. The summed E-state index contributed by atoms with van der Waals surface area (Å²) in [6.45, 7) is 2.90. The van der Waals surface area contributed by atoms with Crippen molar-refractivity contribution in [2.24, 2.45) is 5.10 Å². The van der Waals surface area contributed by atoms with E-state index in [0.29, 0.717) is 0 Å². The Hall–Kier alpha value is -2.49. The number of methoxy groups -OCH3 is 1. The molecule has 0 amide bonds. The highest BCUT2D eigenvalue weighted by Gasteiger charge is 1.95. The Kier molecular flexibility index (Phi) is 6.30. The van der Waals surface area contributed by atoms with Crippen molar-refractivity contribution in [1.29, 1.82) is 0 Å². The van der Waals surface area contributed by atoms with Gasteiger partial charge >= 0.3 is 0 Å². The van der Waals surface area contributed by atoms with Crippen LogP contribution in [-0.2, 0) is 0 Å². The Morgan fingerprint density at radius 3 is 2.64 bits per heavy atom. The van der Waals surface area contributed by atoms with Crippen molar-refractivity contribution in [3.05, 3.63) is 54.1 Å². The summed E-state index contributed by atoms with van der Waals surface area (Å²) in [5, 5.41) is 4.23. The molecule has 1 N–H and O–H groups in total. The molecule has 0 aromatic heterocycles. The lowest BCUT2D eigenvalue weighted by Crippen LogP contribution is -1.97. The average molecular weight is 298 g/mol. The van der Waals surface area contributed by atoms with E-state index in [1.807, 2.05) is 48.5 Å². The van der Waals surface area contributed by atoms with Gasteiger partial charge < -0.3 is 9.47 Å². The number of anilines is 1. The third kappa shape index (κ3) is 5.13. The molecular weight excluding hydrogens is 276 g/mol. The van der Waals surface area contributed by atoms with Gasteiger partial charge in [-0.05, 0) is 48.4 Å². The quantitative estimate of drug-likeness (QED) is 0.448. The lowest BCUT2D eigenvalue weighted by Gasteiger charge is -2.05. The minimum Gasteiger partial charge on any atom is -0.497 e. The SMILES string of the molecule is CCCCOc1cccc(/C=N/Nc2ccc(OC)cc2)c1. The van der Waals surface area contributed by atoms with Crippen LogP contribution in [0.3, 0.4) is 0 Å². The Morgan fingerprint density at radius 2 is 1.91 bits per heavy atom. The molecule has 0 bridgehead atoms. The third-order valence-electron chi connectivity index (χ3n) is 3.12. The van der Waals surface area contributed by atoms with Gasteiger partial charge in [0.15, 0.2) is 0 Å². The Bertz CT molecular complexity index is 594. The van der Waals surface area contributed by atoms with Gasteiger partial charge in [0.25, 0.3) is 0 Å². The van der Waals surface area contributed by atoms with Gasteiger partial charge in [-0.2, -0.15) is 5.10 Å². The first-order valence-electron chi connectivity index (χ1n) is 7.48. The van der Waals surface area contributed by atoms with Gasteiger partial charge in [-0.25, -0.2) is 0 Å².